The van der Waals surface area contributed by atoms with E-state index < -0.39 is 0 Å². The van der Waals surface area contributed by atoms with Crippen molar-refractivity contribution in [2.45, 2.75) is 0 Å². The molecule has 0 rings (SSSR count). The van der Waals surface area contributed by atoms with Crippen LogP contribution in [0.1, 0.15) is 0 Å². The van der Waals surface area contributed by atoms with Gasteiger partial charge in [0.05, 0.1) is 0 Å². The van der Waals surface area contributed by atoms with Crippen LogP contribution in [0.25, 0.3) is 0 Å². The molecule has 26 valence electrons. The molecule has 0 spiro atoms. The van der Waals surface area contributed by atoms with Crippen molar-refractivity contribution < 1.29 is 69.7 Å². The van der Waals surface area contributed by atoms with Crippen LogP contribution in [0.2, 0.25) is 0 Å². The molecule has 2 radical (unpaired) electrons. The Kier molecular flexibility index (Phi) is 143. The molecule has 0 fully saturated rings. The van der Waals surface area contributed by atoms with Gasteiger partial charge in [0.25, 0.3) is 0 Å². The van der Waals surface area contributed by atoms with Crippen LogP contribution >= 0.6 is 0 Å². The SMILES string of the molecule is [Fe].[La].[Mn].[SiH4]. The van der Waals surface area contributed by atoms with Crippen LogP contribution in [0.3, 0.4) is 0 Å². The molecule has 0 aromatic rings. The molecule has 0 aliphatic rings. The van der Waals surface area contributed by atoms with Crippen molar-refractivity contribution in [3.63, 3.8) is 0 Å². The maximum atomic E-state index is 0. The Morgan fingerprint density at radius 2 is 1.00 bits per heavy atom. The average Bonchev–Trinajstić information content (AvgIpc) is 0. The van der Waals surface area contributed by atoms with E-state index in [2.05, 4.69) is 0 Å². The Labute approximate surface area is 79.4 Å². The summed E-state index contributed by atoms with van der Waals surface area (Å²) in [7, 11) is 0. The molecule has 0 amide bonds. The van der Waals surface area contributed by atoms with E-state index in [1.807, 2.05) is 0 Å². The minimum Gasteiger partial charge on any atom is -0.0149 e. The largest absolute Gasteiger partial charge is 0.0149 e. The molecule has 0 unspecified atom stereocenters. The summed E-state index contributed by atoms with van der Waals surface area (Å²) in [5.74, 6) is 0. The zero-order valence-corrected chi connectivity index (χ0v) is 7.22. The summed E-state index contributed by atoms with van der Waals surface area (Å²) in [5.41, 5.74) is 0. The van der Waals surface area contributed by atoms with Gasteiger partial charge >= 0.3 is 0 Å². The Hall–Kier alpha value is 2.45. The number of rotatable bonds is 0. The van der Waals surface area contributed by atoms with Gasteiger partial charge in [0.1, 0.15) is 0 Å². The van der Waals surface area contributed by atoms with Gasteiger partial charge in [-0.1, -0.05) is 0 Å². The Morgan fingerprint density at radius 1 is 1.00 bits per heavy atom. The molecule has 0 saturated heterocycles. The van der Waals surface area contributed by atoms with Gasteiger partial charge in [-0.3, -0.25) is 0 Å². The average molecular weight is 282 g/mol. The molecular formula is H4FeLaMnSi. The van der Waals surface area contributed by atoms with Gasteiger partial charge in [-0.2, -0.15) is 0 Å². The van der Waals surface area contributed by atoms with Gasteiger partial charge in [0.2, 0.25) is 0 Å². The predicted molar refractivity (Wildman–Crippen MR) is 11.3 cm³/mol. The molecule has 0 saturated carbocycles. The standard InChI is InChI=1S/Fe.La.Mn.H4Si/h;;;1H4. The zero-order chi connectivity index (χ0) is 0. The quantitative estimate of drug-likeness (QED) is 0.477. The molecule has 4 heteroatoms. The first kappa shape index (κ1) is 31.9. The molecule has 4 heavy (non-hydrogen) atoms. The summed E-state index contributed by atoms with van der Waals surface area (Å²) in [6.07, 6.45) is 0. The fraction of sp³-hybridized carbons (Fsp3) is 0. The third kappa shape index (κ3) is 8.82. The number of hydrogen-bond donors (Lipinski definition) is 0. The first-order chi connectivity index (χ1) is 0. The van der Waals surface area contributed by atoms with E-state index in [-0.39, 0.29) is 80.7 Å². The van der Waals surface area contributed by atoms with Crippen molar-refractivity contribution in [3.05, 3.63) is 0 Å². The van der Waals surface area contributed by atoms with Crippen LogP contribution in [0, 0.1) is 35.6 Å². The number of hydrogen-bond acceptors (Lipinski definition) is 0. The van der Waals surface area contributed by atoms with Crippen molar-refractivity contribution in [2.24, 2.45) is 0 Å². The van der Waals surface area contributed by atoms with E-state index in [1.165, 1.54) is 0 Å². The van der Waals surface area contributed by atoms with Crippen LogP contribution in [0.15, 0.2) is 0 Å². The molecule has 0 heterocycles. The monoisotopic (exact) mass is 282 g/mol. The van der Waals surface area contributed by atoms with Crippen molar-refractivity contribution in [1.82, 2.24) is 0 Å². The molecule has 0 aromatic heterocycles. The first-order valence-corrected chi connectivity index (χ1v) is 0. The van der Waals surface area contributed by atoms with Crippen molar-refractivity contribution in [2.75, 3.05) is 0 Å². The fourth-order valence-electron chi connectivity index (χ4n) is 0. The van der Waals surface area contributed by atoms with E-state index in [4.69, 9.17) is 0 Å². The van der Waals surface area contributed by atoms with E-state index >= 15 is 0 Å². The van der Waals surface area contributed by atoms with E-state index in [1.54, 1.807) is 0 Å². The Morgan fingerprint density at radius 3 is 1.00 bits per heavy atom. The van der Waals surface area contributed by atoms with Crippen LogP contribution < -0.4 is 0 Å². The minimum atomic E-state index is 0. The molecule has 0 N–H and O–H groups in total. The normalized spacial score (nSPS) is 0. The van der Waals surface area contributed by atoms with Gasteiger partial charge in [-0.05, 0) is 11.0 Å². The summed E-state index contributed by atoms with van der Waals surface area (Å²) < 4.78 is 0. The molecule has 0 nitrogen and oxygen atoms in total. The molecule has 0 aliphatic carbocycles. The topological polar surface area (TPSA) is 0 Å². The van der Waals surface area contributed by atoms with Crippen LogP contribution in [0.4, 0.5) is 0 Å². The molecule has 0 aliphatic heterocycles. The van der Waals surface area contributed by atoms with Gasteiger partial charge < -0.3 is 0 Å². The third-order valence-corrected chi connectivity index (χ3v) is 0. The molecule has 0 atom stereocenters. The second-order valence-electron chi connectivity index (χ2n) is 0. The summed E-state index contributed by atoms with van der Waals surface area (Å²) in [6.45, 7) is 0. The maximum Gasteiger partial charge on any atom is 0 e. The molecular weight excluding hydrogens is 278 g/mol. The van der Waals surface area contributed by atoms with Crippen LogP contribution in [-0.2, 0) is 34.1 Å². The van der Waals surface area contributed by atoms with Gasteiger partial charge in [-0.25, -0.2) is 0 Å². The van der Waals surface area contributed by atoms with Crippen molar-refractivity contribution in [3.8, 4) is 0 Å². The van der Waals surface area contributed by atoms with E-state index in [0.29, 0.717) is 0 Å². The van der Waals surface area contributed by atoms with Crippen molar-refractivity contribution >= 4 is 11.0 Å². The summed E-state index contributed by atoms with van der Waals surface area (Å²) in [4.78, 5) is 0. The van der Waals surface area contributed by atoms with Crippen molar-refractivity contribution in [1.29, 1.82) is 0 Å². The van der Waals surface area contributed by atoms with Gasteiger partial charge in [0.15, 0.2) is 0 Å². The fourth-order valence-corrected chi connectivity index (χ4v) is 0. The molecule has 0 aromatic carbocycles. The second kappa shape index (κ2) is 18.0. The predicted octanol–water partition coefficient (Wildman–Crippen LogP) is -1.46. The first-order valence-electron chi connectivity index (χ1n) is 0. The second-order valence-corrected chi connectivity index (χ2v) is 0. The Balaban J connectivity index is 0. The zero-order valence-electron chi connectivity index (χ0n) is 1.31. The minimum absolute atomic E-state index is 0. The van der Waals surface area contributed by atoms with Gasteiger partial charge in [0, 0.05) is 69.7 Å². The Bertz CT molecular complexity index is 8.00. The van der Waals surface area contributed by atoms with E-state index in [0.717, 1.165) is 0 Å². The smallest absolute Gasteiger partial charge is 0 e. The van der Waals surface area contributed by atoms with Gasteiger partial charge in [-0.15, -0.1) is 0 Å². The van der Waals surface area contributed by atoms with Crippen LogP contribution in [-0.4, -0.2) is 11.0 Å². The van der Waals surface area contributed by atoms with E-state index in [9.17, 15) is 0 Å². The summed E-state index contributed by atoms with van der Waals surface area (Å²) in [5, 5.41) is 0. The third-order valence-electron chi connectivity index (χ3n) is 0. The van der Waals surface area contributed by atoms with Crippen LogP contribution in [0.5, 0.6) is 0 Å². The summed E-state index contributed by atoms with van der Waals surface area (Å²) >= 11 is 0. The molecule has 0 bridgehead atoms. The maximum absolute atomic E-state index is 0. The summed E-state index contributed by atoms with van der Waals surface area (Å²) in [6, 6.07) is 0.